The molecule has 0 saturated heterocycles. The summed E-state index contributed by atoms with van der Waals surface area (Å²) in [6.07, 6.45) is 1.65. The Morgan fingerprint density at radius 1 is 1.62 bits per heavy atom. The zero-order valence-corrected chi connectivity index (χ0v) is 7.01. The number of rotatable bonds is 3. The lowest BCUT2D eigenvalue weighted by Crippen LogP contribution is -2.20. The minimum Gasteiger partial charge on any atom is -0.373 e. The van der Waals surface area contributed by atoms with Crippen LogP contribution in [-0.2, 0) is 9.63 Å². The monoisotopic (exact) mass is 181 g/mol. The molecule has 1 rings (SSSR count). The summed E-state index contributed by atoms with van der Waals surface area (Å²) in [5.74, 6) is 4.13. The van der Waals surface area contributed by atoms with Crippen molar-refractivity contribution in [3.63, 3.8) is 0 Å². The molecule has 0 aromatic carbocycles. The van der Waals surface area contributed by atoms with Crippen LogP contribution in [0.5, 0.6) is 0 Å². The molecule has 0 radical (unpaired) electrons. The third-order valence-electron chi connectivity index (χ3n) is 1.59. The Morgan fingerprint density at radius 3 is 2.92 bits per heavy atom. The molecule has 1 unspecified atom stereocenters. The molecular weight excluding hydrogens is 170 g/mol. The molecule has 0 spiro atoms. The smallest absolute Gasteiger partial charge is 0.326 e. The van der Waals surface area contributed by atoms with E-state index in [0.717, 1.165) is 0 Å². The van der Waals surface area contributed by atoms with Crippen molar-refractivity contribution >= 4 is 5.97 Å². The molecule has 0 aliphatic heterocycles. The van der Waals surface area contributed by atoms with Crippen LogP contribution in [0.3, 0.4) is 0 Å². The molecule has 1 aromatic rings. The third kappa shape index (κ3) is 2.81. The number of nitrogens with two attached hydrogens (primary N) is 2. The number of carbonyl (C=O) groups excluding carboxylic acids is 1. The second-order valence-electron chi connectivity index (χ2n) is 2.56. The highest BCUT2D eigenvalue weighted by Crippen LogP contribution is 2.10. The Morgan fingerprint density at radius 2 is 2.38 bits per heavy atom. The first kappa shape index (κ1) is 9.63. The first-order valence-electron chi connectivity index (χ1n) is 3.80. The molecule has 0 saturated carbocycles. The van der Waals surface area contributed by atoms with Gasteiger partial charge in [0.15, 0.2) is 0 Å². The van der Waals surface area contributed by atoms with Gasteiger partial charge in [-0.25, -0.2) is 0 Å². The van der Waals surface area contributed by atoms with Gasteiger partial charge in [0.1, 0.15) is 0 Å². The van der Waals surface area contributed by atoms with E-state index < -0.39 is 12.0 Å². The van der Waals surface area contributed by atoms with Crippen molar-refractivity contribution in [2.24, 2.45) is 11.6 Å². The van der Waals surface area contributed by atoms with Crippen molar-refractivity contribution in [1.29, 1.82) is 0 Å². The van der Waals surface area contributed by atoms with E-state index in [1.54, 1.807) is 24.4 Å². The lowest BCUT2D eigenvalue weighted by molar-refractivity contribution is -0.144. The normalized spacial score (nSPS) is 12.2. The highest BCUT2D eigenvalue weighted by atomic mass is 16.7. The fourth-order valence-electron chi connectivity index (χ4n) is 0.928. The number of hydrogen-bond acceptors (Lipinski definition) is 5. The van der Waals surface area contributed by atoms with Crippen LogP contribution in [-0.4, -0.2) is 11.0 Å². The first-order valence-corrected chi connectivity index (χ1v) is 3.80. The Labute approximate surface area is 75.7 Å². The van der Waals surface area contributed by atoms with E-state index in [9.17, 15) is 4.79 Å². The molecule has 70 valence electrons. The van der Waals surface area contributed by atoms with Crippen molar-refractivity contribution in [2.75, 3.05) is 0 Å². The van der Waals surface area contributed by atoms with Gasteiger partial charge in [0, 0.05) is 6.20 Å². The second-order valence-corrected chi connectivity index (χ2v) is 2.56. The minimum atomic E-state index is -0.543. The molecule has 0 bridgehead atoms. The summed E-state index contributed by atoms with van der Waals surface area (Å²) in [7, 11) is 0. The Balaban J connectivity index is 2.59. The van der Waals surface area contributed by atoms with E-state index in [0.29, 0.717) is 5.69 Å². The maximum Gasteiger partial charge on any atom is 0.326 e. The number of nitrogens with zero attached hydrogens (tertiary/aromatic N) is 1. The summed E-state index contributed by atoms with van der Waals surface area (Å²) >= 11 is 0. The van der Waals surface area contributed by atoms with Gasteiger partial charge in [-0.1, -0.05) is 6.07 Å². The molecule has 0 aliphatic carbocycles. The van der Waals surface area contributed by atoms with Crippen molar-refractivity contribution in [3.8, 4) is 0 Å². The van der Waals surface area contributed by atoms with Gasteiger partial charge in [0.25, 0.3) is 0 Å². The zero-order valence-electron chi connectivity index (χ0n) is 7.01. The van der Waals surface area contributed by atoms with Gasteiger partial charge in [-0.15, -0.1) is 0 Å². The SMILES string of the molecule is NOC(=O)CC(N)c1ccccn1. The summed E-state index contributed by atoms with van der Waals surface area (Å²) in [5, 5.41) is 0. The predicted octanol–water partition coefficient (Wildman–Crippen LogP) is -0.112. The van der Waals surface area contributed by atoms with Gasteiger partial charge in [-0.2, -0.15) is 5.90 Å². The van der Waals surface area contributed by atoms with Crippen LogP contribution in [0.1, 0.15) is 18.2 Å². The Hall–Kier alpha value is -1.46. The summed E-state index contributed by atoms with van der Waals surface area (Å²) in [6, 6.07) is 4.86. The molecular formula is C8H11N3O2. The van der Waals surface area contributed by atoms with Crippen LogP contribution in [0.2, 0.25) is 0 Å². The molecule has 4 N–H and O–H groups in total. The van der Waals surface area contributed by atoms with Gasteiger partial charge >= 0.3 is 5.97 Å². The van der Waals surface area contributed by atoms with Gasteiger partial charge in [-0.05, 0) is 12.1 Å². The number of carbonyl (C=O) groups is 1. The van der Waals surface area contributed by atoms with Crippen LogP contribution in [0.4, 0.5) is 0 Å². The minimum absolute atomic E-state index is 0.0352. The van der Waals surface area contributed by atoms with E-state index in [2.05, 4.69) is 15.7 Å². The fourth-order valence-corrected chi connectivity index (χ4v) is 0.928. The third-order valence-corrected chi connectivity index (χ3v) is 1.59. The Bertz CT molecular complexity index is 276. The molecule has 1 aromatic heterocycles. The van der Waals surface area contributed by atoms with E-state index in [1.807, 2.05) is 0 Å². The summed E-state index contributed by atoms with van der Waals surface area (Å²) < 4.78 is 0. The van der Waals surface area contributed by atoms with Gasteiger partial charge in [-0.3, -0.25) is 9.78 Å². The highest BCUT2D eigenvalue weighted by Gasteiger charge is 2.12. The molecule has 0 aliphatic rings. The largest absolute Gasteiger partial charge is 0.373 e. The standard InChI is InChI=1S/C8H11N3O2/c9-6(5-8(12)13-10)7-3-1-2-4-11-7/h1-4,6H,5,9-10H2. The van der Waals surface area contributed by atoms with Crippen LogP contribution >= 0.6 is 0 Å². The van der Waals surface area contributed by atoms with Crippen molar-refractivity contribution < 1.29 is 9.63 Å². The topological polar surface area (TPSA) is 91.2 Å². The zero-order chi connectivity index (χ0) is 9.68. The van der Waals surface area contributed by atoms with E-state index in [4.69, 9.17) is 5.73 Å². The van der Waals surface area contributed by atoms with Crippen LogP contribution in [0, 0.1) is 0 Å². The number of hydrogen-bond donors (Lipinski definition) is 2. The lowest BCUT2D eigenvalue weighted by atomic mass is 10.1. The summed E-state index contributed by atoms with van der Waals surface area (Å²) in [4.78, 5) is 18.7. The molecule has 5 nitrogen and oxygen atoms in total. The lowest BCUT2D eigenvalue weighted by Gasteiger charge is -2.07. The Kier molecular flexibility index (Phi) is 3.36. The fraction of sp³-hybridized carbons (Fsp3) is 0.250. The molecule has 13 heavy (non-hydrogen) atoms. The summed E-state index contributed by atoms with van der Waals surface area (Å²) in [5.41, 5.74) is 6.30. The first-order chi connectivity index (χ1) is 6.24. The van der Waals surface area contributed by atoms with E-state index >= 15 is 0 Å². The van der Waals surface area contributed by atoms with Gasteiger partial charge in [0.2, 0.25) is 0 Å². The molecule has 0 amide bonds. The molecule has 1 atom stereocenters. The maximum atomic E-state index is 10.7. The predicted molar refractivity (Wildman–Crippen MR) is 46.1 cm³/mol. The van der Waals surface area contributed by atoms with E-state index in [-0.39, 0.29) is 6.42 Å². The maximum absolute atomic E-state index is 10.7. The summed E-state index contributed by atoms with van der Waals surface area (Å²) in [6.45, 7) is 0. The quantitative estimate of drug-likeness (QED) is 0.635. The van der Waals surface area contributed by atoms with E-state index in [1.165, 1.54) is 0 Å². The molecule has 1 heterocycles. The van der Waals surface area contributed by atoms with Crippen molar-refractivity contribution in [1.82, 2.24) is 4.98 Å². The number of pyridine rings is 1. The van der Waals surface area contributed by atoms with Crippen molar-refractivity contribution in [2.45, 2.75) is 12.5 Å². The van der Waals surface area contributed by atoms with Crippen molar-refractivity contribution in [3.05, 3.63) is 30.1 Å². The highest BCUT2D eigenvalue weighted by molar-refractivity contribution is 5.69. The second kappa shape index (κ2) is 4.54. The average molecular weight is 181 g/mol. The number of aromatic nitrogens is 1. The van der Waals surface area contributed by atoms with Gasteiger partial charge in [0.05, 0.1) is 18.2 Å². The molecule has 5 heteroatoms. The van der Waals surface area contributed by atoms with Crippen LogP contribution < -0.4 is 11.6 Å². The van der Waals surface area contributed by atoms with Crippen LogP contribution in [0.25, 0.3) is 0 Å². The average Bonchev–Trinajstić information content (AvgIpc) is 2.19. The van der Waals surface area contributed by atoms with Crippen LogP contribution in [0.15, 0.2) is 24.4 Å². The van der Waals surface area contributed by atoms with Gasteiger partial charge < -0.3 is 10.6 Å². The molecule has 0 fully saturated rings.